The smallest absolute Gasteiger partial charge is 0.312 e. The van der Waals surface area contributed by atoms with Crippen LogP contribution in [0.15, 0.2) is 48.5 Å². The van der Waals surface area contributed by atoms with Gasteiger partial charge in [-0.1, -0.05) is 60.7 Å². The lowest BCUT2D eigenvalue weighted by molar-refractivity contribution is -0.165. The first-order valence-corrected chi connectivity index (χ1v) is 7.93. The molecular weight excluding hydrogens is 284 g/mol. The van der Waals surface area contributed by atoms with E-state index in [0.717, 1.165) is 22.3 Å². The number of rotatable bonds is 1. The van der Waals surface area contributed by atoms with E-state index >= 15 is 0 Å². The van der Waals surface area contributed by atoms with Crippen molar-refractivity contribution in [1.29, 1.82) is 0 Å². The third-order valence-electron chi connectivity index (χ3n) is 4.30. The lowest BCUT2D eigenvalue weighted by Crippen LogP contribution is -2.36. The Morgan fingerprint density at radius 2 is 1.30 bits per heavy atom. The van der Waals surface area contributed by atoms with Crippen molar-refractivity contribution < 1.29 is 9.53 Å². The summed E-state index contributed by atoms with van der Waals surface area (Å²) in [6.45, 7) is 7.63. The summed E-state index contributed by atoms with van der Waals surface area (Å²) < 4.78 is 6.10. The van der Waals surface area contributed by atoms with Gasteiger partial charge in [-0.3, -0.25) is 4.79 Å². The predicted octanol–water partition coefficient (Wildman–Crippen LogP) is 5.02. The topological polar surface area (TPSA) is 26.3 Å². The van der Waals surface area contributed by atoms with Gasteiger partial charge in [-0.15, -0.1) is 0 Å². The molecule has 0 radical (unpaired) electrons. The molecule has 2 nitrogen and oxygen atoms in total. The van der Waals surface area contributed by atoms with E-state index in [1.54, 1.807) is 0 Å². The van der Waals surface area contributed by atoms with Crippen LogP contribution in [0, 0.1) is 5.41 Å². The molecule has 0 bridgehead atoms. The van der Waals surface area contributed by atoms with Crippen molar-refractivity contribution in [3.05, 3.63) is 70.8 Å². The van der Waals surface area contributed by atoms with Gasteiger partial charge in [-0.25, -0.2) is 0 Å². The van der Waals surface area contributed by atoms with Crippen LogP contribution in [0.2, 0.25) is 0 Å². The Bertz CT molecular complexity index is 729. The van der Waals surface area contributed by atoms with Crippen LogP contribution in [0.25, 0.3) is 12.2 Å². The summed E-state index contributed by atoms with van der Waals surface area (Å²) in [6, 6.07) is 16.2. The Balaban J connectivity index is 2.22. The Labute approximate surface area is 137 Å². The van der Waals surface area contributed by atoms with Crippen LogP contribution in [-0.4, -0.2) is 5.97 Å². The minimum Gasteiger partial charge on any atom is -0.449 e. The summed E-state index contributed by atoms with van der Waals surface area (Å²) in [7, 11) is 0. The highest BCUT2D eigenvalue weighted by Gasteiger charge is 2.39. The van der Waals surface area contributed by atoms with Crippen molar-refractivity contribution in [3.8, 4) is 0 Å². The highest BCUT2D eigenvalue weighted by atomic mass is 16.6. The first kappa shape index (κ1) is 15.5. The van der Waals surface area contributed by atoms with Crippen LogP contribution in [0.4, 0.5) is 0 Å². The van der Waals surface area contributed by atoms with Gasteiger partial charge in [-0.05, 0) is 38.8 Å². The molecule has 1 aliphatic rings. The lowest BCUT2D eigenvalue weighted by atomic mass is 9.84. The first-order chi connectivity index (χ1) is 10.8. The van der Waals surface area contributed by atoms with Crippen LogP contribution in [-0.2, 0) is 15.1 Å². The molecule has 23 heavy (non-hydrogen) atoms. The number of benzene rings is 2. The van der Waals surface area contributed by atoms with Crippen LogP contribution in [0.3, 0.4) is 0 Å². The molecule has 0 saturated heterocycles. The van der Waals surface area contributed by atoms with Crippen LogP contribution < -0.4 is 0 Å². The third kappa shape index (κ3) is 2.70. The zero-order valence-electron chi connectivity index (χ0n) is 14.1. The quantitative estimate of drug-likeness (QED) is 0.691. The predicted molar refractivity (Wildman–Crippen MR) is 93.8 cm³/mol. The summed E-state index contributed by atoms with van der Waals surface area (Å²) >= 11 is 0. The molecule has 0 aliphatic heterocycles. The average molecular weight is 306 g/mol. The van der Waals surface area contributed by atoms with E-state index in [-0.39, 0.29) is 5.97 Å². The second-order valence-electron chi connectivity index (χ2n) is 7.18. The first-order valence-electron chi connectivity index (χ1n) is 7.93. The zero-order valence-corrected chi connectivity index (χ0v) is 14.1. The fourth-order valence-corrected chi connectivity index (χ4v) is 2.93. The molecule has 2 aromatic rings. The van der Waals surface area contributed by atoms with E-state index in [1.807, 2.05) is 64.1 Å². The molecule has 0 saturated carbocycles. The fourth-order valence-electron chi connectivity index (χ4n) is 2.93. The fraction of sp³-hybridized carbons (Fsp3) is 0.286. The van der Waals surface area contributed by atoms with Gasteiger partial charge in [0.15, 0.2) is 5.60 Å². The molecule has 1 aliphatic carbocycles. The van der Waals surface area contributed by atoms with Gasteiger partial charge in [-0.2, -0.15) is 0 Å². The summed E-state index contributed by atoms with van der Waals surface area (Å²) in [4.78, 5) is 12.6. The molecule has 3 rings (SSSR count). The summed E-state index contributed by atoms with van der Waals surface area (Å²) in [5.41, 5.74) is 2.83. The number of carbonyl (C=O) groups excluding carboxylic acids is 1. The second-order valence-corrected chi connectivity index (χ2v) is 7.18. The highest BCUT2D eigenvalue weighted by Crippen LogP contribution is 2.41. The summed E-state index contributed by atoms with van der Waals surface area (Å²) in [5.74, 6) is -0.202. The number of esters is 1. The SMILES string of the molecule is CC(C)(C)C(=O)OC1(C)c2ccccc2C=Cc2ccccc21. The number of ether oxygens (including phenoxy) is 1. The molecule has 0 amide bonds. The van der Waals surface area contributed by atoms with Crippen LogP contribution >= 0.6 is 0 Å². The molecule has 118 valence electrons. The minimum absolute atomic E-state index is 0.202. The van der Waals surface area contributed by atoms with E-state index in [9.17, 15) is 4.79 Å². The summed E-state index contributed by atoms with van der Waals surface area (Å²) in [5, 5.41) is 0. The Morgan fingerprint density at radius 3 is 1.74 bits per heavy atom. The normalized spacial score (nSPS) is 15.3. The van der Waals surface area contributed by atoms with E-state index in [0.29, 0.717) is 0 Å². The van der Waals surface area contributed by atoms with Gasteiger partial charge in [0.1, 0.15) is 0 Å². The monoisotopic (exact) mass is 306 g/mol. The largest absolute Gasteiger partial charge is 0.449 e. The average Bonchev–Trinajstić information content (AvgIpc) is 2.63. The lowest BCUT2D eigenvalue weighted by Gasteiger charge is -2.34. The number of carbonyl (C=O) groups is 1. The van der Waals surface area contributed by atoms with E-state index in [4.69, 9.17) is 4.74 Å². The van der Waals surface area contributed by atoms with Gasteiger partial charge in [0, 0.05) is 11.1 Å². The maximum absolute atomic E-state index is 12.6. The second kappa shape index (κ2) is 5.38. The molecule has 0 N–H and O–H groups in total. The Kier molecular flexibility index (Phi) is 3.63. The van der Waals surface area contributed by atoms with Crippen molar-refractivity contribution in [1.82, 2.24) is 0 Å². The molecular formula is C21H22O2. The van der Waals surface area contributed by atoms with Gasteiger partial charge < -0.3 is 4.74 Å². The molecule has 2 heteroatoms. The number of hydrogen-bond acceptors (Lipinski definition) is 2. The Morgan fingerprint density at radius 1 is 0.870 bits per heavy atom. The summed E-state index contributed by atoms with van der Waals surface area (Å²) in [6.07, 6.45) is 4.18. The van der Waals surface area contributed by atoms with Crippen LogP contribution in [0.1, 0.15) is 49.9 Å². The van der Waals surface area contributed by atoms with Crippen molar-refractivity contribution in [2.45, 2.75) is 33.3 Å². The molecule has 0 unspecified atom stereocenters. The van der Waals surface area contributed by atoms with Crippen molar-refractivity contribution >= 4 is 18.1 Å². The van der Waals surface area contributed by atoms with Gasteiger partial charge in [0.25, 0.3) is 0 Å². The van der Waals surface area contributed by atoms with Crippen LogP contribution in [0.5, 0.6) is 0 Å². The van der Waals surface area contributed by atoms with Crippen molar-refractivity contribution in [2.24, 2.45) is 5.41 Å². The molecule has 0 spiro atoms. The van der Waals surface area contributed by atoms with Gasteiger partial charge in [0.05, 0.1) is 5.41 Å². The van der Waals surface area contributed by atoms with Gasteiger partial charge in [0.2, 0.25) is 0 Å². The minimum atomic E-state index is -0.805. The molecule has 2 aromatic carbocycles. The maximum Gasteiger partial charge on any atom is 0.312 e. The molecule has 0 aromatic heterocycles. The van der Waals surface area contributed by atoms with E-state index in [1.165, 1.54) is 0 Å². The van der Waals surface area contributed by atoms with Crippen molar-refractivity contribution in [2.75, 3.05) is 0 Å². The number of fused-ring (bicyclic) bond motifs is 2. The van der Waals surface area contributed by atoms with E-state index < -0.39 is 11.0 Å². The molecule has 0 heterocycles. The third-order valence-corrected chi connectivity index (χ3v) is 4.30. The number of hydrogen-bond donors (Lipinski definition) is 0. The highest BCUT2D eigenvalue weighted by molar-refractivity contribution is 5.80. The standard InChI is InChI=1S/C21H22O2/c1-20(2,3)19(22)23-21(4)17-11-7-5-9-15(17)13-14-16-10-6-8-12-18(16)21/h5-14H,1-4H3. The van der Waals surface area contributed by atoms with E-state index in [2.05, 4.69) is 24.3 Å². The Hall–Kier alpha value is -2.35. The maximum atomic E-state index is 12.6. The molecule has 0 fully saturated rings. The van der Waals surface area contributed by atoms with Crippen molar-refractivity contribution in [3.63, 3.8) is 0 Å². The zero-order chi connectivity index (χ0) is 16.7. The molecule has 0 atom stereocenters. The van der Waals surface area contributed by atoms with Gasteiger partial charge >= 0.3 is 5.97 Å².